The van der Waals surface area contributed by atoms with Crippen LogP contribution in [0.1, 0.15) is 11.1 Å². The lowest BCUT2D eigenvalue weighted by molar-refractivity contribution is 1.15. The van der Waals surface area contributed by atoms with E-state index in [9.17, 15) is 0 Å². The Labute approximate surface area is 123 Å². The maximum absolute atomic E-state index is 4.49. The molecule has 0 radical (unpaired) electrons. The number of hydrogen-bond donors (Lipinski definition) is 1. The van der Waals surface area contributed by atoms with Gasteiger partial charge in [-0.2, -0.15) is 0 Å². The molecule has 3 nitrogen and oxygen atoms in total. The van der Waals surface area contributed by atoms with Crippen LogP contribution in [0.3, 0.4) is 0 Å². The smallest absolute Gasteiger partial charge is 0.161 e. The fourth-order valence-corrected chi connectivity index (χ4v) is 2.37. The first-order valence-electron chi connectivity index (χ1n) is 5.50. The number of rotatable bonds is 2. The van der Waals surface area contributed by atoms with Crippen LogP contribution in [0.5, 0.6) is 0 Å². The van der Waals surface area contributed by atoms with Crippen LogP contribution in [0, 0.1) is 13.8 Å². The first kappa shape index (κ1) is 13.5. The highest BCUT2D eigenvalue weighted by atomic mass is 79.9. The third-order valence-corrected chi connectivity index (χ3v) is 4.51. The van der Waals surface area contributed by atoms with Crippen molar-refractivity contribution in [3.05, 3.63) is 38.4 Å². The summed E-state index contributed by atoms with van der Waals surface area (Å²) in [7, 11) is 1.84. The molecular weight excluding hydrogens is 358 g/mol. The highest BCUT2D eigenvalue weighted by Crippen LogP contribution is 2.28. The second-order valence-corrected chi connectivity index (χ2v) is 5.71. The summed E-state index contributed by atoms with van der Waals surface area (Å²) in [6.07, 6.45) is 1.76. The second kappa shape index (κ2) is 5.36. The molecule has 0 bridgehead atoms. The van der Waals surface area contributed by atoms with Crippen LogP contribution in [0.15, 0.2) is 27.3 Å². The molecule has 0 spiro atoms. The molecule has 0 saturated carbocycles. The molecule has 1 heterocycles. The van der Waals surface area contributed by atoms with Gasteiger partial charge in [0.05, 0.1) is 4.47 Å². The molecule has 1 N–H and O–H groups in total. The number of hydrogen-bond acceptors (Lipinski definition) is 3. The van der Waals surface area contributed by atoms with Crippen molar-refractivity contribution in [1.29, 1.82) is 0 Å². The van der Waals surface area contributed by atoms with Crippen molar-refractivity contribution in [1.82, 2.24) is 9.97 Å². The van der Waals surface area contributed by atoms with E-state index in [0.717, 1.165) is 26.2 Å². The lowest BCUT2D eigenvalue weighted by Gasteiger charge is -2.09. The summed E-state index contributed by atoms with van der Waals surface area (Å²) in [5.41, 5.74) is 3.39. The Balaban J connectivity index is 2.55. The maximum atomic E-state index is 4.49. The quantitative estimate of drug-likeness (QED) is 0.854. The van der Waals surface area contributed by atoms with Gasteiger partial charge in [-0.1, -0.05) is 15.9 Å². The fraction of sp³-hybridized carbons (Fsp3) is 0.231. The largest absolute Gasteiger partial charge is 0.372 e. The number of aryl methyl sites for hydroxylation is 2. The Morgan fingerprint density at radius 2 is 1.72 bits per heavy atom. The Morgan fingerprint density at radius 3 is 2.28 bits per heavy atom. The molecule has 0 aliphatic heterocycles. The van der Waals surface area contributed by atoms with E-state index < -0.39 is 0 Å². The van der Waals surface area contributed by atoms with Gasteiger partial charge in [0.15, 0.2) is 5.82 Å². The van der Waals surface area contributed by atoms with Crippen LogP contribution in [0.4, 0.5) is 5.82 Å². The van der Waals surface area contributed by atoms with Gasteiger partial charge in [0.1, 0.15) is 5.82 Å². The molecule has 18 heavy (non-hydrogen) atoms. The van der Waals surface area contributed by atoms with Crippen molar-refractivity contribution < 1.29 is 0 Å². The molecule has 0 atom stereocenters. The monoisotopic (exact) mass is 369 g/mol. The molecule has 0 aliphatic carbocycles. The number of halogens is 2. The Hall–Kier alpha value is -0.940. The van der Waals surface area contributed by atoms with Crippen molar-refractivity contribution in [3.63, 3.8) is 0 Å². The van der Waals surface area contributed by atoms with E-state index in [1.54, 1.807) is 6.20 Å². The summed E-state index contributed by atoms with van der Waals surface area (Å²) >= 11 is 6.97. The molecule has 0 aliphatic rings. The van der Waals surface area contributed by atoms with Gasteiger partial charge in [-0.25, -0.2) is 9.97 Å². The second-order valence-electron chi connectivity index (χ2n) is 4.06. The average molecular weight is 371 g/mol. The standard InChI is InChI=1S/C13H13Br2N3/c1-7-4-9(5-8(2)11(7)15)12-17-6-10(14)13(16-3)18-12/h4-6H,1-3H3,(H,16,17,18). The van der Waals surface area contributed by atoms with Crippen LogP contribution in [0.2, 0.25) is 0 Å². The summed E-state index contributed by atoms with van der Waals surface area (Å²) in [6.45, 7) is 4.14. The SMILES string of the molecule is CNc1nc(-c2cc(C)c(Br)c(C)c2)ncc1Br. The van der Waals surface area contributed by atoms with Crippen molar-refractivity contribution in [2.24, 2.45) is 0 Å². The van der Waals surface area contributed by atoms with Gasteiger partial charge in [0, 0.05) is 23.3 Å². The van der Waals surface area contributed by atoms with E-state index in [1.807, 2.05) is 7.05 Å². The minimum Gasteiger partial charge on any atom is -0.372 e. The Morgan fingerprint density at radius 1 is 1.11 bits per heavy atom. The molecule has 0 unspecified atom stereocenters. The first-order valence-corrected chi connectivity index (χ1v) is 7.09. The summed E-state index contributed by atoms with van der Waals surface area (Å²) in [6, 6.07) is 4.17. The normalized spacial score (nSPS) is 10.5. The molecule has 0 fully saturated rings. The predicted molar refractivity (Wildman–Crippen MR) is 81.9 cm³/mol. The van der Waals surface area contributed by atoms with E-state index in [0.29, 0.717) is 0 Å². The summed E-state index contributed by atoms with van der Waals surface area (Å²) in [5.74, 6) is 1.51. The van der Waals surface area contributed by atoms with Crippen LogP contribution in [0.25, 0.3) is 11.4 Å². The van der Waals surface area contributed by atoms with E-state index >= 15 is 0 Å². The molecular formula is C13H13Br2N3. The van der Waals surface area contributed by atoms with Crippen molar-refractivity contribution in [3.8, 4) is 11.4 Å². The molecule has 1 aromatic carbocycles. The van der Waals surface area contributed by atoms with Gasteiger partial charge >= 0.3 is 0 Å². The van der Waals surface area contributed by atoms with Gasteiger partial charge in [-0.15, -0.1) is 0 Å². The van der Waals surface area contributed by atoms with E-state index in [4.69, 9.17) is 0 Å². The number of benzene rings is 1. The molecule has 0 saturated heterocycles. The van der Waals surface area contributed by atoms with Crippen LogP contribution >= 0.6 is 31.9 Å². The molecule has 2 aromatic rings. The Bertz CT molecular complexity index is 574. The van der Waals surface area contributed by atoms with Crippen LogP contribution in [-0.2, 0) is 0 Å². The number of nitrogens with zero attached hydrogens (tertiary/aromatic N) is 2. The zero-order valence-electron chi connectivity index (χ0n) is 10.4. The van der Waals surface area contributed by atoms with E-state index in [1.165, 1.54) is 11.1 Å². The van der Waals surface area contributed by atoms with Crippen molar-refractivity contribution >= 4 is 37.7 Å². The van der Waals surface area contributed by atoms with Crippen molar-refractivity contribution in [2.45, 2.75) is 13.8 Å². The maximum Gasteiger partial charge on any atom is 0.161 e. The fourth-order valence-electron chi connectivity index (χ4n) is 1.76. The predicted octanol–water partition coefficient (Wildman–Crippen LogP) is 4.33. The molecule has 0 amide bonds. The molecule has 5 heteroatoms. The van der Waals surface area contributed by atoms with Gasteiger partial charge in [-0.3, -0.25) is 0 Å². The highest BCUT2D eigenvalue weighted by Gasteiger charge is 2.09. The van der Waals surface area contributed by atoms with E-state index in [2.05, 4.69) is 73.1 Å². The lowest BCUT2D eigenvalue weighted by atomic mass is 10.1. The third kappa shape index (κ3) is 2.57. The van der Waals surface area contributed by atoms with Gasteiger partial charge < -0.3 is 5.32 Å². The van der Waals surface area contributed by atoms with Crippen molar-refractivity contribution in [2.75, 3.05) is 12.4 Å². The molecule has 1 aromatic heterocycles. The number of aromatic nitrogens is 2. The number of nitrogens with one attached hydrogen (secondary N) is 1. The topological polar surface area (TPSA) is 37.8 Å². The zero-order valence-corrected chi connectivity index (χ0v) is 13.6. The van der Waals surface area contributed by atoms with E-state index in [-0.39, 0.29) is 0 Å². The lowest BCUT2D eigenvalue weighted by Crippen LogP contribution is -1.98. The third-order valence-electron chi connectivity index (χ3n) is 2.68. The minimum absolute atomic E-state index is 0.723. The zero-order chi connectivity index (χ0) is 13.3. The number of anilines is 1. The van der Waals surface area contributed by atoms with Gasteiger partial charge in [0.25, 0.3) is 0 Å². The average Bonchev–Trinajstić information content (AvgIpc) is 2.36. The molecule has 94 valence electrons. The molecule has 2 rings (SSSR count). The summed E-state index contributed by atoms with van der Waals surface area (Å²) in [5, 5.41) is 3.04. The van der Waals surface area contributed by atoms with Crippen LogP contribution < -0.4 is 5.32 Å². The first-order chi connectivity index (χ1) is 8.52. The summed E-state index contributed by atoms with van der Waals surface area (Å²) < 4.78 is 2.00. The van der Waals surface area contributed by atoms with Crippen LogP contribution in [-0.4, -0.2) is 17.0 Å². The van der Waals surface area contributed by atoms with Gasteiger partial charge in [-0.05, 0) is 53.0 Å². The summed E-state index contributed by atoms with van der Waals surface area (Å²) in [4.78, 5) is 8.84. The Kier molecular flexibility index (Phi) is 4.02. The highest BCUT2D eigenvalue weighted by molar-refractivity contribution is 9.11. The van der Waals surface area contributed by atoms with Gasteiger partial charge in [0.2, 0.25) is 0 Å². The minimum atomic E-state index is 0.723.